The van der Waals surface area contributed by atoms with Gasteiger partial charge in [0.15, 0.2) is 6.04 Å². The van der Waals surface area contributed by atoms with Crippen molar-refractivity contribution in [3.05, 3.63) is 47.4 Å². The Morgan fingerprint density at radius 1 is 1.13 bits per heavy atom. The molecule has 2 aliphatic heterocycles. The lowest BCUT2D eigenvalue weighted by Crippen LogP contribution is -2.42. The number of carbonyl (C=O) groups excluding carboxylic acids is 2. The first kappa shape index (κ1) is 21.1. The Morgan fingerprint density at radius 3 is 2.35 bits per heavy atom. The number of benzene rings is 1. The van der Waals surface area contributed by atoms with Crippen molar-refractivity contribution in [1.82, 2.24) is 14.7 Å². The van der Waals surface area contributed by atoms with Crippen LogP contribution in [0.5, 0.6) is 0 Å². The molecule has 4 rings (SSSR count). The standard InChI is InChI=1S/C20H21F4N5O2/c21-13-3-1-11(2-4-13)15-9-16(20(22,23)24)29-18(27-15)14(10-26-29)19(31)28-7-5-12(6-8-28)17(25)30/h1-4,10,12,15-16,27H,5-9H2,(H2,25,30)/t15-,16+/m0/s1. The van der Waals surface area contributed by atoms with E-state index in [1.807, 2.05) is 0 Å². The van der Waals surface area contributed by atoms with E-state index in [9.17, 15) is 27.2 Å². The molecule has 0 unspecified atom stereocenters. The topological polar surface area (TPSA) is 93.2 Å². The van der Waals surface area contributed by atoms with Gasteiger partial charge in [0.2, 0.25) is 5.91 Å². The molecule has 0 saturated carbocycles. The minimum absolute atomic E-state index is 0.0232. The highest BCUT2D eigenvalue weighted by atomic mass is 19.4. The lowest BCUT2D eigenvalue weighted by molar-refractivity contribution is -0.173. The van der Waals surface area contributed by atoms with Gasteiger partial charge in [0.25, 0.3) is 5.91 Å². The number of fused-ring (bicyclic) bond motifs is 1. The van der Waals surface area contributed by atoms with Crippen LogP contribution in [-0.4, -0.2) is 45.8 Å². The van der Waals surface area contributed by atoms with Crippen LogP contribution in [0.15, 0.2) is 30.5 Å². The number of primary amides is 1. The molecular formula is C20H21F4N5O2. The van der Waals surface area contributed by atoms with E-state index in [1.165, 1.54) is 29.2 Å². The van der Waals surface area contributed by atoms with Crippen molar-refractivity contribution < 1.29 is 27.2 Å². The van der Waals surface area contributed by atoms with Crippen molar-refractivity contribution in [2.75, 3.05) is 18.4 Å². The summed E-state index contributed by atoms with van der Waals surface area (Å²) < 4.78 is 55.4. The molecule has 166 valence electrons. The molecule has 11 heteroatoms. The first-order valence-corrected chi connectivity index (χ1v) is 9.90. The first-order chi connectivity index (χ1) is 14.6. The van der Waals surface area contributed by atoms with E-state index in [4.69, 9.17) is 5.73 Å². The molecule has 2 aliphatic rings. The average molecular weight is 439 g/mol. The summed E-state index contributed by atoms with van der Waals surface area (Å²) in [5.74, 6) is -1.72. The predicted octanol–water partition coefficient (Wildman–Crippen LogP) is 3.02. The number of carbonyl (C=O) groups is 2. The monoisotopic (exact) mass is 439 g/mol. The van der Waals surface area contributed by atoms with Gasteiger partial charge in [-0.25, -0.2) is 9.07 Å². The number of likely N-dealkylation sites (tertiary alicyclic amines) is 1. The highest BCUT2D eigenvalue weighted by Crippen LogP contribution is 2.44. The third-order valence-corrected chi connectivity index (χ3v) is 5.93. The summed E-state index contributed by atoms with van der Waals surface area (Å²) in [6, 6.07) is 2.50. The lowest BCUT2D eigenvalue weighted by atomic mass is 9.95. The van der Waals surface area contributed by atoms with Crippen molar-refractivity contribution in [1.29, 1.82) is 0 Å². The Kier molecular flexibility index (Phi) is 5.36. The summed E-state index contributed by atoms with van der Waals surface area (Å²) in [5, 5.41) is 6.85. The van der Waals surface area contributed by atoms with Crippen molar-refractivity contribution >= 4 is 17.6 Å². The van der Waals surface area contributed by atoms with Crippen molar-refractivity contribution in [3.8, 4) is 0 Å². The predicted molar refractivity (Wildman–Crippen MR) is 103 cm³/mol. The third kappa shape index (κ3) is 4.08. The molecule has 7 nitrogen and oxygen atoms in total. The summed E-state index contributed by atoms with van der Waals surface area (Å²) >= 11 is 0. The number of halogens is 4. The normalized spacial score (nSPS) is 22.0. The summed E-state index contributed by atoms with van der Waals surface area (Å²) in [4.78, 5) is 25.9. The zero-order valence-electron chi connectivity index (χ0n) is 16.4. The van der Waals surface area contributed by atoms with Crippen LogP contribution in [0, 0.1) is 11.7 Å². The molecule has 1 aromatic carbocycles. The van der Waals surface area contributed by atoms with E-state index in [2.05, 4.69) is 10.4 Å². The fourth-order valence-electron chi connectivity index (χ4n) is 4.17. The van der Waals surface area contributed by atoms with Crippen LogP contribution in [0.2, 0.25) is 0 Å². The summed E-state index contributed by atoms with van der Waals surface area (Å²) in [5.41, 5.74) is 5.82. The number of rotatable bonds is 3. The number of piperidine rings is 1. The van der Waals surface area contributed by atoms with Crippen LogP contribution in [0.4, 0.5) is 23.4 Å². The van der Waals surface area contributed by atoms with Gasteiger partial charge in [-0.05, 0) is 30.5 Å². The molecule has 1 fully saturated rings. The first-order valence-electron chi connectivity index (χ1n) is 9.90. The maximum atomic E-state index is 13.8. The highest BCUT2D eigenvalue weighted by Gasteiger charge is 2.47. The summed E-state index contributed by atoms with van der Waals surface area (Å²) in [6.45, 7) is 0.558. The SMILES string of the molecule is NC(=O)C1CCN(C(=O)c2cnn3c2N[C@H](c2ccc(F)cc2)C[C@@H]3C(F)(F)F)CC1. The smallest absolute Gasteiger partial charge is 0.369 e. The van der Waals surface area contributed by atoms with Crippen LogP contribution >= 0.6 is 0 Å². The van der Waals surface area contributed by atoms with E-state index in [1.54, 1.807) is 0 Å². The van der Waals surface area contributed by atoms with Gasteiger partial charge in [0, 0.05) is 25.4 Å². The Balaban J connectivity index is 1.63. The number of nitrogens with zero attached hydrogens (tertiary/aromatic N) is 3. The minimum atomic E-state index is -4.58. The second-order valence-corrected chi connectivity index (χ2v) is 7.86. The molecular weight excluding hydrogens is 418 g/mol. The van der Waals surface area contributed by atoms with Gasteiger partial charge in [-0.2, -0.15) is 18.3 Å². The van der Waals surface area contributed by atoms with Gasteiger partial charge in [0.1, 0.15) is 17.2 Å². The van der Waals surface area contributed by atoms with Crippen molar-refractivity contribution in [3.63, 3.8) is 0 Å². The highest BCUT2D eigenvalue weighted by molar-refractivity contribution is 5.99. The quantitative estimate of drug-likeness (QED) is 0.719. The minimum Gasteiger partial charge on any atom is -0.369 e. The Morgan fingerprint density at radius 2 is 1.77 bits per heavy atom. The molecule has 31 heavy (non-hydrogen) atoms. The second kappa shape index (κ2) is 7.86. The fourth-order valence-corrected chi connectivity index (χ4v) is 4.17. The number of aromatic nitrogens is 2. The van der Waals surface area contributed by atoms with Gasteiger partial charge in [-0.3, -0.25) is 9.59 Å². The average Bonchev–Trinajstić information content (AvgIpc) is 3.16. The van der Waals surface area contributed by atoms with E-state index in [-0.39, 0.29) is 36.8 Å². The molecule has 0 bridgehead atoms. The van der Waals surface area contributed by atoms with Crippen LogP contribution in [0.1, 0.15) is 47.3 Å². The van der Waals surface area contributed by atoms with E-state index in [0.717, 1.165) is 10.9 Å². The molecule has 2 amide bonds. The second-order valence-electron chi connectivity index (χ2n) is 7.86. The molecule has 0 radical (unpaired) electrons. The number of hydrogen-bond donors (Lipinski definition) is 2. The van der Waals surface area contributed by atoms with E-state index in [0.29, 0.717) is 18.4 Å². The molecule has 2 atom stereocenters. The van der Waals surface area contributed by atoms with Crippen molar-refractivity contribution in [2.24, 2.45) is 11.7 Å². The Bertz CT molecular complexity index is 980. The molecule has 3 N–H and O–H groups in total. The van der Waals surface area contributed by atoms with Gasteiger partial charge >= 0.3 is 6.18 Å². The lowest BCUT2D eigenvalue weighted by Gasteiger charge is -2.35. The number of hydrogen-bond acceptors (Lipinski definition) is 4. The number of nitrogens with two attached hydrogens (primary N) is 1. The molecule has 1 saturated heterocycles. The van der Waals surface area contributed by atoms with E-state index < -0.39 is 35.9 Å². The molecule has 2 aromatic rings. The van der Waals surface area contributed by atoms with Crippen LogP contribution in [0.25, 0.3) is 0 Å². The molecule has 0 spiro atoms. The van der Waals surface area contributed by atoms with E-state index >= 15 is 0 Å². The van der Waals surface area contributed by atoms with Gasteiger partial charge in [0.05, 0.1) is 12.2 Å². The molecule has 3 heterocycles. The maximum absolute atomic E-state index is 13.8. The Labute approximate surface area is 175 Å². The van der Waals surface area contributed by atoms with Crippen LogP contribution < -0.4 is 11.1 Å². The summed E-state index contributed by atoms with van der Waals surface area (Å²) in [6.07, 6.45) is -2.98. The van der Waals surface area contributed by atoms with Gasteiger partial charge < -0.3 is 16.0 Å². The zero-order valence-corrected chi connectivity index (χ0v) is 16.4. The molecule has 0 aliphatic carbocycles. The third-order valence-electron chi connectivity index (χ3n) is 5.93. The van der Waals surface area contributed by atoms with Crippen LogP contribution in [0.3, 0.4) is 0 Å². The maximum Gasteiger partial charge on any atom is 0.410 e. The van der Waals surface area contributed by atoms with Crippen molar-refractivity contribution in [2.45, 2.75) is 37.5 Å². The Hall–Kier alpha value is -3.11. The zero-order chi connectivity index (χ0) is 22.3. The number of nitrogens with one attached hydrogen (secondary N) is 1. The number of amides is 2. The molecule has 1 aromatic heterocycles. The van der Waals surface area contributed by atoms with Gasteiger partial charge in [-0.1, -0.05) is 12.1 Å². The van der Waals surface area contributed by atoms with Crippen LogP contribution in [-0.2, 0) is 4.79 Å². The number of alkyl halides is 3. The fraction of sp³-hybridized carbons (Fsp3) is 0.450. The largest absolute Gasteiger partial charge is 0.410 e. The summed E-state index contributed by atoms with van der Waals surface area (Å²) in [7, 11) is 0. The van der Waals surface area contributed by atoms with Gasteiger partial charge in [-0.15, -0.1) is 0 Å². The number of anilines is 1.